The quantitative estimate of drug-likeness (QED) is 0.152. The van der Waals surface area contributed by atoms with Crippen LogP contribution >= 0.6 is 12.6 Å². The molecule has 0 saturated carbocycles. The third kappa shape index (κ3) is 21.4. The second-order valence-corrected chi connectivity index (χ2v) is 5.76. The van der Waals surface area contributed by atoms with Gasteiger partial charge < -0.3 is 23.7 Å². The summed E-state index contributed by atoms with van der Waals surface area (Å²) in [6, 6.07) is 0. The third-order valence-electron chi connectivity index (χ3n) is 2.98. The van der Waals surface area contributed by atoms with E-state index in [4.69, 9.17) is 23.7 Å². The highest BCUT2D eigenvalue weighted by atomic mass is 32.1. The summed E-state index contributed by atoms with van der Waals surface area (Å²) in [4.78, 5) is 11.1. The lowest BCUT2D eigenvalue weighted by Gasteiger charge is -2.07. The van der Waals surface area contributed by atoms with Crippen LogP contribution in [0, 0.1) is 0 Å². The van der Waals surface area contributed by atoms with Crippen molar-refractivity contribution < 1.29 is 28.5 Å². The number of carbonyl (C=O) groups excluding carboxylic acids is 1. The van der Waals surface area contributed by atoms with E-state index in [1.54, 1.807) is 6.08 Å². The summed E-state index contributed by atoms with van der Waals surface area (Å²) in [6.45, 7) is 9.37. The van der Waals surface area contributed by atoms with Crippen LogP contribution < -0.4 is 0 Å². The molecular weight excluding hydrogens is 344 g/mol. The number of hydrogen-bond acceptors (Lipinski definition) is 7. The summed E-state index contributed by atoms with van der Waals surface area (Å²) >= 11 is 3.97. The smallest absolute Gasteiger partial charge is 0.306 e. The van der Waals surface area contributed by atoms with Crippen molar-refractivity contribution in [1.82, 2.24) is 0 Å². The van der Waals surface area contributed by atoms with Gasteiger partial charge in [-0.25, -0.2) is 0 Å². The molecule has 0 radical (unpaired) electrons. The van der Waals surface area contributed by atoms with Crippen molar-refractivity contribution in [3.05, 3.63) is 12.7 Å². The average molecular weight is 379 g/mol. The summed E-state index contributed by atoms with van der Waals surface area (Å²) in [6.07, 6.45) is 5.48. The fourth-order valence-corrected chi connectivity index (χ4v) is 1.96. The SMILES string of the molecule is C=CCOCCCOCCCOCCCOCCCOC(=O)CCS. The van der Waals surface area contributed by atoms with Crippen molar-refractivity contribution in [3.63, 3.8) is 0 Å². The molecule has 148 valence electrons. The minimum atomic E-state index is -0.201. The highest BCUT2D eigenvalue weighted by Gasteiger charge is 2.00. The molecule has 0 unspecified atom stereocenters. The molecule has 0 aromatic heterocycles. The van der Waals surface area contributed by atoms with Gasteiger partial charge in [-0.15, -0.1) is 6.58 Å². The zero-order chi connectivity index (χ0) is 18.4. The van der Waals surface area contributed by atoms with Crippen LogP contribution in [0.4, 0.5) is 0 Å². The molecule has 0 aliphatic heterocycles. The first-order valence-corrected chi connectivity index (χ1v) is 9.63. The average Bonchev–Trinajstić information content (AvgIpc) is 2.61. The van der Waals surface area contributed by atoms with Crippen LogP contribution in [0.1, 0.15) is 32.1 Å². The monoisotopic (exact) mass is 378 g/mol. The Bertz CT molecular complexity index is 301. The molecule has 0 aromatic carbocycles. The third-order valence-corrected chi connectivity index (χ3v) is 3.20. The van der Waals surface area contributed by atoms with E-state index >= 15 is 0 Å². The van der Waals surface area contributed by atoms with Gasteiger partial charge in [0.2, 0.25) is 0 Å². The van der Waals surface area contributed by atoms with E-state index in [0.717, 1.165) is 32.3 Å². The van der Waals surface area contributed by atoms with Crippen molar-refractivity contribution in [2.75, 3.05) is 65.2 Å². The number of ether oxygens (including phenoxy) is 5. The topological polar surface area (TPSA) is 63.2 Å². The van der Waals surface area contributed by atoms with E-state index < -0.39 is 0 Å². The Hall–Kier alpha value is -0.600. The van der Waals surface area contributed by atoms with Gasteiger partial charge in [-0.2, -0.15) is 12.6 Å². The summed E-state index contributed by atoms with van der Waals surface area (Å²) in [5, 5.41) is 0. The Labute approximate surface area is 157 Å². The van der Waals surface area contributed by atoms with Crippen LogP contribution in [0.2, 0.25) is 0 Å². The predicted molar refractivity (Wildman–Crippen MR) is 101 cm³/mol. The molecule has 0 atom stereocenters. The van der Waals surface area contributed by atoms with Crippen LogP contribution in [0.15, 0.2) is 12.7 Å². The standard InChI is InChI=1S/C18H34O6S/c1-2-8-20-9-3-10-21-11-4-12-22-13-5-14-23-15-6-16-24-18(19)7-17-25/h2,25H,1,3-17H2. The zero-order valence-corrected chi connectivity index (χ0v) is 16.2. The molecule has 0 fully saturated rings. The maximum Gasteiger partial charge on any atom is 0.306 e. The van der Waals surface area contributed by atoms with Gasteiger partial charge in [0.15, 0.2) is 0 Å². The number of carbonyl (C=O) groups is 1. The Morgan fingerprint density at radius 2 is 1.20 bits per heavy atom. The van der Waals surface area contributed by atoms with Gasteiger partial charge >= 0.3 is 5.97 Å². The first-order chi connectivity index (χ1) is 12.3. The molecule has 0 amide bonds. The summed E-state index contributed by atoms with van der Waals surface area (Å²) in [5.74, 6) is 0.320. The second kappa shape index (κ2) is 21.4. The molecule has 7 heteroatoms. The normalized spacial score (nSPS) is 10.8. The van der Waals surface area contributed by atoms with Crippen molar-refractivity contribution >= 4 is 18.6 Å². The van der Waals surface area contributed by atoms with Crippen molar-refractivity contribution in [2.45, 2.75) is 32.1 Å². The van der Waals surface area contributed by atoms with Crippen LogP contribution in [-0.4, -0.2) is 71.2 Å². The number of esters is 1. The number of thiol groups is 1. The Balaban J connectivity index is 3.03. The molecule has 0 N–H and O–H groups in total. The molecule has 0 aliphatic carbocycles. The fraction of sp³-hybridized carbons (Fsp3) is 0.833. The predicted octanol–water partition coefficient (Wildman–Crippen LogP) is 2.66. The Morgan fingerprint density at radius 3 is 1.64 bits per heavy atom. The lowest BCUT2D eigenvalue weighted by Crippen LogP contribution is -2.09. The highest BCUT2D eigenvalue weighted by molar-refractivity contribution is 7.80. The molecular formula is C18H34O6S. The van der Waals surface area contributed by atoms with Crippen LogP contribution in [0.25, 0.3) is 0 Å². The van der Waals surface area contributed by atoms with E-state index in [-0.39, 0.29) is 5.97 Å². The second-order valence-electron chi connectivity index (χ2n) is 5.31. The van der Waals surface area contributed by atoms with Gasteiger partial charge in [-0.05, 0) is 19.3 Å². The molecule has 0 saturated heterocycles. The van der Waals surface area contributed by atoms with Gasteiger partial charge in [-0.3, -0.25) is 4.79 Å². The minimum absolute atomic E-state index is 0.201. The lowest BCUT2D eigenvalue weighted by atomic mass is 10.4. The van der Waals surface area contributed by atoms with Crippen LogP contribution in [0.3, 0.4) is 0 Å². The molecule has 25 heavy (non-hydrogen) atoms. The fourth-order valence-electron chi connectivity index (χ4n) is 1.77. The molecule has 0 aromatic rings. The first kappa shape index (κ1) is 24.4. The van der Waals surface area contributed by atoms with E-state index in [0.29, 0.717) is 65.0 Å². The molecule has 0 bridgehead atoms. The molecule has 0 aliphatic rings. The van der Waals surface area contributed by atoms with E-state index in [2.05, 4.69) is 19.2 Å². The molecule has 6 nitrogen and oxygen atoms in total. The van der Waals surface area contributed by atoms with Gasteiger partial charge in [0.05, 0.1) is 19.6 Å². The summed E-state index contributed by atoms with van der Waals surface area (Å²) in [5.41, 5.74) is 0. The largest absolute Gasteiger partial charge is 0.466 e. The highest BCUT2D eigenvalue weighted by Crippen LogP contribution is 1.94. The maximum absolute atomic E-state index is 11.1. The van der Waals surface area contributed by atoms with Gasteiger partial charge in [0.1, 0.15) is 0 Å². The molecule has 0 heterocycles. The van der Waals surface area contributed by atoms with Gasteiger partial charge in [0, 0.05) is 58.4 Å². The van der Waals surface area contributed by atoms with Crippen molar-refractivity contribution in [1.29, 1.82) is 0 Å². The van der Waals surface area contributed by atoms with Crippen LogP contribution in [0.5, 0.6) is 0 Å². The van der Waals surface area contributed by atoms with Gasteiger partial charge in [-0.1, -0.05) is 6.08 Å². The molecule has 0 rings (SSSR count). The molecule has 0 spiro atoms. The lowest BCUT2D eigenvalue weighted by molar-refractivity contribution is -0.143. The number of hydrogen-bond donors (Lipinski definition) is 1. The zero-order valence-electron chi connectivity index (χ0n) is 15.3. The number of rotatable bonds is 20. The van der Waals surface area contributed by atoms with Crippen LogP contribution in [-0.2, 0) is 28.5 Å². The Kier molecular flexibility index (Phi) is 20.9. The summed E-state index contributed by atoms with van der Waals surface area (Å²) in [7, 11) is 0. The van der Waals surface area contributed by atoms with E-state index in [1.807, 2.05) is 0 Å². The van der Waals surface area contributed by atoms with E-state index in [1.165, 1.54) is 0 Å². The van der Waals surface area contributed by atoms with Crippen molar-refractivity contribution in [2.24, 2.45) is 0 Å². The van der Waals surface area contributed by atoms with E-state index in [9.17, 15) is 4.79 Å². The van der Waals surface area contributed by atoms with Gasteiger partial charge in [0.25, 0.3) is 0 Å². The maximum atomic E-state index is 11.1. The minimum Gasteiger partial charge on any atom is -0.466 e. The summed E-state index contributed by atoms with van der Waals surface area (Å²) < 4.78 is 26.7. The Morgan fingerprint density at radius 1 is 0.760 bits per heavy atom. The first-order valence-electron chi connectivity index (χ1n) is 8.99. The van der Waals surface area contributed by atoms with Crippen molar-refractivity contribution in [3.8, 4) is 0 Å².